The van der Waals surface area contributed by atoms with Crippen LogP contribution in [0.4, 0.5) is 5.69 Å². The van der Waals surface area contributed by atoms with E-state index in [9.17, 15) is 5.11 Å². The van der Waals surface area contributed by atoms with Crippen LogP contribution in [0.2, 0.25) is 0 Å². The molecule has 0 aliphatic carbocycles. The van der Waals surface area contributed by atoms with Crippen molar-refractivity contribution in [2.45, 2.75) is 25.3 Å². The minimum atomic E-state index is -0.122. The Morgan fingerprint density at radius 3 is 2.53 bits per heavy atom. The van der Waals surface area contributed by atoms with E-state index in [1.807, 2.05) is 7.05 Å². The Kier molecular flexibility index (Phi) is 3.69. The first kappa shape index (κ1) is 12.4. The number of nitrogens with zero attached hydrogens (tertiary/aromatic N) is 1. The smallest absolute Gasteiger partial charge is 0.0631 e. The highest BCUT2D eigenvalue weighted by atomic mass is 16.3. The third-order valence-electron chi connectivity index (χ3n) is 3.90. The molecule has 1 aliphatic heterocycles. The first-order chi connectivity index (χ1) is 8.23. The summed E-state index contributed by atoms with van der Waals surface area (Å²) in [6, 6.07) is 8.74. The lowest BCUT2D eigenvalue weighted by Crippen LogP contribution is -2.48. The standard InChI is InChI=1S/C14H22N2O/c1-3-12-4-6-13(7-5-12)16-9-8-14(10-16,11-17)15-2/h4-7,15,17H,3,8-11H2,1-2H3. The summed E-state index contributed by atoms with van der Waals surface area (Å²) in [6.45, 7) is 4.26. The van der Waals surface area contributed by atoms with Crippen LogP contribution in [0.1, 0.15) is 18.9 Å². The van der Waals surface area contributed by atoms with Gasteiger partial charge in [-0.1, -0.05) is 19.1 Å². The molecule has 3 nitrogen and oxygen atoms in total. The number of rotatable bonds is 4. The van der Waals surface area contributed by atoms with Crippen molar-refractivity contribution in [3.63, 3.8) is 0 Å². The average Bonchev–Trinajstić information content (AvgIpc) is 2.84. The fourth-order valence-electron chi connectivity index (χ4n) is 2.45. The van der Waals surface area contributed by atoms with Gasteiger partial charge in [-0.15, -0.1) is 0 Å². The van der Waals surface area contributed by atoms with Gasteiger partial charge in [-0.05, 0) is 37.6 Å². The van der Waals surface area contributed by atoms with E-state index in [2.05, 4.69) is 41.4 Å². The number of anilines is 1. The number of benzene rings is 1. The first-order valence-corrected chi connectivity index (χ1v) is 6.36. The molecule has 1 heterocycles. The van der Waals surface area contributed by atoms with Crippen molar-refractivity contribution in [1.82, 2.24) is 5.32 Å². The van der Waals surface area contributed by atoms with Crippen LogP contribution in [-0.4, -0.2) is 37.4 Å². The minimum absolute atomic E-state index is 0.122. The molecule has 2 N–H and O–H groups in total. The Bertz CT molecular complexity index is 357. The molecule has 2 rings (SSSR count). The SMILES string of the molecule is CCc1ccc(N2CCC(CO)(NC)C2)cc1. The monoisotopic (exact) mass is 234 g/mol. The summed E-state index contributed by atoms with van der Waals surface area (Å²) >= 11 is 0. The molecule has 1 atom stereocenters. The molecule has 0 aromatic heterocycles. The predicted molar refractivity (Wildman–Crippen MR) is 71.5 cm³/mol. The van der Waals surface area contributed by atoms with Gasteiger partial charge in [0.25, 0.3) is 0 Å². The molecule has 94 valence electrons. The summed E-state index contributed by atoms with van der Waals surface area (Å²) in [7, 11) is 1.93. The number of likely N-dealkylation sites (N-methyl/N-ethyl adjacent to an activating group) is 1. The van der Waals surface area contributed by atoms with Crippen molar-refractivity contribution in [1.29, 1.82) is 0 Å². The maximum Gasteiger partial charge on any atom is 0.0631 e. The highest BCUT2D eigenvalue weighted by Gasteiger charge is 2.36. The Hall–Kier alpha value is -1.06. The zero-order valence-corrected chi connectivity index (χ0v) is 10.7. The molecule has 1 aromatic carbocycles. The Morgan fingerprint density at radius 2 is 2.06 bits per heavy atom. The van der Waals surface area contributed by atoms with Crippen molar-refractivity contribution in [3.8, 4) is 0 Å². The minimum Gasteiger partial charge on any atom is -0.394 e. The topological polar surface area (TPSA) is 35.5 Å². The van der Waals surface area contributed by atoms with Crippen LogP contribution in [0.15, 0.2) is 24.3 Å². The highest BCUT2D eigenvalue weighted by molar-refractivity contribution is 5.49. The largest absolute Gasteiger partial charge is 0.394 e. The molecule has 1 unspecified atom stereocenters. The zero-order valence-electron chi connectivity index (χ0n) is 10.7. The lowest BCUT2D eigenvalue weighted by Gasteiger charge is -2.27. The van der Waals surface area contributed by atoms with E-state index in [0.29, 0.717) is 0 Å². The number of hydrogen-bond donors (Lipinski definition) is 2. The van der Waals surface area contributed by atoms with Crippen LogP contribution in [-0.2, 0) is 6.42 Å². The van der Waals surface area contributed by atoms with Crippen LogP contribution in [0.25, 0.3) is 0 Å². The second kappa shape index (κ2) is 5.07. The van der Waals surface area contributed by atoms with Gasteiger partial charge in [0.2, 0.25) is 0 Å². The third-order valence-corrected chi connectivity index (χ3v) is 3.90. The molecule has 1 aliphatic rings. The van der Waals surface area contributed by atoms with Crippen LogP contribution >= 0.6 is 0 Å². The normalized spacial score (nSPS) is 24.3. The molecule has 0 radical (unpaired) electrons. The fraction of sp³-hybridized carbons (Fsp3) is 0.571. The van der Waals surface area contributed by atoms with E-state index in [1.165, 1.54) is 11.3 Å². The molecule has 0 spiro atoms. The molecular weight excluding hydrogens is 212 g/mol. The molecule has 0 amide bonds. The van der Waals surface area contributed by atoms with Gasteiger partial charge in [-0.25, -0.2) is 0 Å². The fourth-order valence-corrected chi connectivity index (χ4v) is 2.45. The number of nitrogens with one attached hydrogen (secondary N) is 1. The quantitative estimate of drug-likeness (QED) is 0.827. The summed E-state index contributed by atoms with van der Waals surface area (Å²) in [5.74, 6) is 0. The van der Waals surface area contributed by atoms with Gasteiger partial charge in [0.1, 0.15) is 0 Å². The Balaban J connectivity index is 2.09. The van der Waals surface area contributed by atoms with E-state index in [1.54, 1.807) is 0 Å². The zero-order chi connectivity index (χ0) is 12.3. The van der Waals surface area contributed by atoms with Gasteiger partial charge in [-0.3, -0.25) is 0 Å². The van der Waals surface area contributed by atoms with E-state index < -0.39 is 0 Å². The molecule has 0 bridgehead atoms. The predicted octanol–water partition coefficient (Wildman–Crippen LogP) is 1.41. The number of aryl methyl sites for hydroxylation is 1. The van der Waals surface area contributed by atoms with E-state index in [-0.39, 0.29) is 12.1 Å². The molecule has 17 heavy (non-hydrogen) atoms. The Labute approximate surface area is 103 Å². The first-order valence-electron chi connectivity index (χ1n) is 6.36. The van der Waals surface area contributed by atoms with Crippen LogP contribution in [0.3, 0.4) is 0 Å². The lowest BCUT2D eigenvalue weighted by molar-refractivity contribution is 0.184. The summed E-state index contributed by atoms with van der Waals surface area (Å²) in [6.07, 6.45) is 2.08. The van der Waals surface area contributed by atoms with Crippen LogP contribution in [0, 0.1) is 0 Å². The van der Waals surface area contributed by atoms with Crippen LogP contribution in [0.5, 0.6) is 0 Å². The van der Waals surface area contributed by atoms with Gasteiger partial charge < -0.3 is 15.3 Å². The third kappa shape index (κ3) is 2.45. The molecular formula is C14H22N2O. The number of aliphatic hydroxyl groups excluding tert-OH is 1. The molecule has 1 fully saturated rings. The second-order valence-electron chi connectivity index (χ2n) is 4.88. The van der Waals surface area contributed by atoms with E-state index in [4.69, 9.17) is 0 Å². The Morgan fingerprint density at radius 1 is 1.35 bits per heavy atom. The molecule has 1 saturated heterocycles. The van der Waals surface area contributed by atoms with Gasteiger partial charge >= 0.3 is 0 Å². The van der Waals surface area contributed by atoms with Crippen molar-refractivity contribution < 1.29 is 5.11 Å². The van der Waals surface area contributed by atoms with Crippen molar-refractivity contribution in [3.05, 3.63) is 29.8 Å². The summed E-state index contributed by atoms with van der Waals surface area (Å²) in [4.78, 5) is 2.34. The highest BCUT2D eigenvalue weighted by Crippen LogP contribution is 2.26. The number of hydrogen-bond acceptors (Lipinski definition) is 3. The molecule has 0 saturated carbocycles. The lowest BCUT2D eigenvalue weighted by atomic mass is 10.0. The van der Waals surface area contributed by atoms with E-state index >= 15 is 0 Å². The summed E-state index contributed by atoms with van der Waals surface area (Å²) in [5, 5.41) is 12.7. The van der Waals surface area contributed by atoms with Crippen molar-refractivity contribution in [2.24, 2.45) is 0 Å². The maximum absolute atomic E-state index is 9.47. The van der Waals surface area contributed by atoms with Gasteiger partial charge in [0, 0.05) is 18.8 Å². The van der Waals surface area contributed by atoms with Crippen molar-refractivity contribution >= 4 is 5.69 Å². The van der Waals surface area contributed by atoms with Gasteiger partial charge in [0.05, 0.1) is 12.1 Å². The average molecular weight is 234 g/mol. The van der Waals surface area contributed by atoms with Gasteiger partial charge in [-0.2, -0.15) is 0 Å². The van der Waals surface area contributed by atoms with Crippen molar-refractivity contribution in [2.75, 3.05) is 31.6 Å². The van der Waals surface area contributed by atoms with Gasteiger partial charge in [0.15, 0.2) is 0 Å². The van der Waals surface area contributed by atoms with Crippen LogP contribution < -0.4 is 10.2 Å². The molecule has 3 heteroatoms. The molecule has 1 aromatic rings. The second-order valence-corrected chi connectivity index (χ2v) is 4.88. The number of aliphatic hydroxyl groups is 1. The summed E-state index contributed by atoms with van der Waals surface area (Å²) < 4.78 is 0. The van der Waals surface area contributed by atoms with E-state index in [0.717, 1.165) is 25.9 Å². The summed E-state index contributed by atoms with van der Waals surface area (Å²) in [5.41, 5.74) is 2.51. The maximum atomic E-state index is 9.47.